The number of nitrogens with one attached hydrogen (secondary N) is 1. The lowest BCUT2D eigenvalue weighted by Crippen LogP contribution is -2.58. The quantitative estimate of drug-likeness (QED) is 0.138. The Hall–Kier alpha value is -5.05. The lowest BCUT2D eigenvalue weighted by Gasteiger charge is -2.30. The van der Waals surface area contributed by atoms with Crippen molar-refractivity contribution in [1.29, 1.82) is 0 Å². The summed E-state index contributed by atoms with van der Waals surface area (Å²) >= 11 is 0. The molecule has 51 heavy (non-hydrogen) atoms. The zero-order valence-electron chi connectivity index (χ0n) is 28.7. The Morgan fingerprint density at radius 2 is 1.47 bits per heavy atom. The number of benzene rings is 3. The summed E-state index contributed by atoms with van der Waals surface area (Å²) in [6, 6.07) is 14.3. The number of anilines is 1. The molecule has 2 N–H and O–H groups in total. The maximum Gasteiger partial charge on any atom is 0.556 e. The normalized spacial score (nSPS) is 19.0. The molecule has 0 aromatic heterocycles. The third kappa shape index (κ3) is 9.01. The van der Waals surface area contributed by atoms with Crippen molar-refractivity contribution in [3.05, 3.63) is 88.7 Å². The fourth-order valence-electron chi connectivity index (χ4n) is 6.30. The Morgan fingerprint density at radius 3 is 2.14 bits per heavy atom. The summed E-state index contributed by atoms with van der Waals surface area (Å²) in [6.45, 7) is 0.995. The number of nitrogens with zero attached hydrogens (tertiary/aromatic N) is 2. The molecule has 3 aromatic carbocycles. The molecule has 2 heterocycles. The van der Waals surface area contributed by atoms with Crippen LogP contribution in [0, 0.1) is 5.82 Å². The standard InChI is InChI=1S/C37H42FN3O10/c1-47-23-49-29-15-13-26(14-16-29)35(43)39-28-8-4-7-21-41(22-28,37(45)46)51-36(44)27-11-9-25(10-12-27)34(42)32-31(50-24-48-2)18-17-30(33(32)38)40-19-5-3-6-20-40/h9-18,28H,3-8,19-24H2,1-2H3,(H-,39,43,45,46)/p+1. The van der Waals surface area contributed by atoms with E-state index in [4.69, 9.17) is 23.8 Å². The predicted octanol–water partition coefficient (Wildman–Crippen LogP) is 5.56. The fourth-order valence-corrected chi connectivity index (χ4v) is 6.30. The predicted molar refractivity (Wildman–Crippen MR) is 182 cm³/mol. The zero-order chi connectivity index (χ0) is 36.4. The lowest BCUT2D eigenvalue weighted by molar-refractivity contribution is -1.03. The third-order valence-corrected chi connectivity index (χ3v) is 8.96. The summed E-state index contributed by atoms with van der Waals surface area (Å²) in [5.74, 6) is -2.17. The number of quaternary nitrogens is 1. The number of carboxylic acid groups (broad SMARTS) is 1. The van der Waals surface area contributed by atoms with Crippen LogP contribution in [0.1, 0.15) is 75.2 Å². The summed E-state index contributed by atoms with van der Waals surface area (Å²) in [5.41, 5.74) is 0.474. The van der Waals surface area contributed by atoms with Crippen LogP contribution in [0.4, 0.5) is 14.9 Å². The van der Waals surface area contributed by atoms with Crippen LogP contribution in [0.2, 0.25) is 0 Å². The summed E-state index contributed by atoms with van der Waals surface area (Å²) in [6.07, 6.45) is 3.01. The third-order valence-electron chi connectivity index (χ3n) is 8.96. The average molecular weight is 709 g/mol. The highest BCUT2D eigenvalue weighted by molar-refractivity contribution is 6.11. The Morgan fingerprint density at radius 1 is 0.824 bits per heavy atom. The monoisotopic (exact) mass is 708 g/mol. The minimum atomic E-state index is -1.39. The summed E-state index contributed by atoms with van der Waals surface area (Å²) < 4.78 is 35.7. The molecule has 14 heteroatoms. The first-order chi connectivity index (χ1) is 24.7. The van der Waals surface area contributed by atoms with E-state index in [2.05, 4.69) is 5.32 Å². The van der Waals surface area contributed by atoms with Gasteiger partial charge < -0.3 is 34.3 Å². The molecular weight excluding hydrogens is 665 g/mol. The van der Waals surface area contributed by atoms with E-state index >= 15 is 4.39 Å². The van der Waals surface area contributed by atoms with Crippen molar-refractivity contribution in [2.75, 3.05) is 58.9 Å². The molecule has 2 amide bonds. The Balaban J connectivity index is 1.31. The van der Waals surface area contributed by atoms with Crippen molar-refractivity contribution in [3.8, 4) is 11.5 Å². The van der Waals surface area contributed by atoms with Gasteiger partial charge in [-0.1, -0.05) is 12.1 Å². The van der Waals surface area contributed by atoms with Crippen LogP contribution in [-0.4, -0.2) is 93.5 Å². The Kier molecular flexibility index (Phi) is 12.6. The van der Waals surface area contributed by atoms with Crippen molar-refractivity contribution in [2.45, 2.75) is 44.6 Å². The van der Waals surface area contributed by atoms with E-state index in [1.807, 2.05) is 4.90 Å². The van der Waals surface area contributed by atoms with Gasteiger partial charge in [0, 0.05) is 44.9 Å². The van der Waals surface area contributed by atoms with Gasteiger partial charge in [0.1, 0.15) is 23.6 Å². The van der Waals surface area contributed by atoms with Gasteiger partial charge in [-0.15, -0.1) is 0 Å². The van der Waals surface area contributed by atoms with Gasteiger partial charge >= 0.3 is 12.1 Å². The van der Waals surface area contributed by atoms with E-state index in [0.29, 0.717) is 49.4 Å². The number of carbonyl (C=O) groups is 4. The van der Waals surface area contributed by atoms with Crippen LogP contribution in [-0.2, 0) is 14.3 Å². The van der Waals surface area contributed by atoms with Gasteiger partial charge in [0.15, 0.2) is 31.7 Å². The highest BCUT2D eigenvalue weighted by Crippen LogP contribution is 2.33. The number of amides is 2. The molecule has 272 valence electrons. The zero-order valence-corrected chi connectivity index (χ0v) is 28.7. The molecule has 0 spiro atoms. The molecule has 2 unspecified atom stereocenters. The molecule has 2 atom stereocenters. The lowest BCUT2D eigenvalue weighted by atomic mass is 9.99. The maximum atomic E-state index is 16.0. The topological polar surface area (TPSA) is 150 Å². The number of likely N-dealkylation sites (tertiary alicyclic amines) is 1. The molecular formula is C37H43FN3O10+. The van der Waals surface area contributed by atoms with E-state index in [1.165, 1.54) is 38.5 Å². The smallest absolute Gasteiger partial charge is 0.468 e. The van der Waals surface area contributed by atoms with E-state index in [-0.39, 0.29) is 49.1 Å². The first-order valence-electron chi connectivity index (χ1n) is 16.9. The SMILES string of the molecule is COCOc1ccc(C(=O)NC2CCCC[N+](OC(=O)c3ccc(C(=O)c4c(OCOC)ccc(N5CCCCC5)c4F)cc3)(C(=O)O)C2)cc1. The first-order valence-corrected chi connectivity index (χ1v) is 16.9. The van der Waals surface area contributed by atoms with Crippen LogP contribution in [0.3, 0.4) is 0 Å². The van der Waals surface area contributed by atoms with Crippen LogP contribution >= 0.6 is 0 Å². The summed E-state index contributed by atoms with van der Waals surface area (Å²) in [5, 5.41) is 13.2. The van der Waals surface area contributed by atoms with Crippen molar-refractivity contribution < 1.29 is 57.1 Å². The molecule has 2 aliphatic rings. The second-order valence-electron chi connectivity index (χ2n) is 12.5. The van der Waals surface area contributed by atoms with Crippen molar-refractivity contribution in [2.24, 2.45) is 0 Å². The molecule has 0 saturated carbocycles. The number of methoxy groups -OCH3 is 2. The molecule has 0 bridgehead atoms. The van der Waals surface area contributed by atoms with E-state index < -0.39 is 40.3 Å². The first kappa shape index (κ1) is 37.2. The summed E-state index contributed by atoms with van der Waals surface area (Å²) in [7, 11) is 2.91. The molecule has 0 radical (unpaired) electrons. The average Bonchev–Trinajstić information content (AvgIpc) is 3.36. The molecule has 2 aliphatic heterocycles. The fraction of sp³-hybridized carbons (Fsp3) is 0.405. The largest absolute Gasteiger partial charge is 0.556 e. The number of piperidine rings is 1. The number of carbonyl (C=O) groups excluding carboxylic acids is 3. The van der Waals surface area contributed by atoms with Crippen molar-refractivity contribution >= 4 is 29.4 Å². The summed E-state index contributed by atoms with van der Waals surface area (Å²) in [4.78, 5) is 60.4. The molecule has 13 nitrogen and oxygen atoms in total. The van der Waals surface area contributed by atoms with Gasteiger partial charge in [0.2, 0.25) is 0 Å². The highest BCUT2D eigenvalue weighted by atomic mass is 19.1. The van der Waals surface area contributed by atoms with Gasteiger partial charge in [-0.25, -0.2) is 9.18 Å². The van der Waals surface area contributed by atoms with Crippen LogP contribution in [0.15, 0.2) is 60.7 Å². The van der Waals surface area contributed by atoms with Crippen LogP contribution in [0.5, 0.6) is 11.5 Å². The Bertz CT molecular complexity index is 1700. The van der Waals surface area contributed by atoms with Crippen LogP contribution < -0.4 is 19.7 Å². The van der Waals surface area contributed by atoms with E-state index in [0.717, 1.165) is 19.3 Å². The van der Waals surface area contributed by atoms with E-state index in [1.54, 1.807) is 36.4 Å². The van der Waals surface area contributed by atoms with Crippen LogP contribution in [0.25, 0.3) is 0 Å². The van der Waals surface area contributed by atoms with Crippen molar-refractivity contribution in [1.82, 2.24) is 5.32 Å². The van der Waals surface area contributed by atoms with Crippen molar-refractivity contribution in [3.63, 3.8) is 0 Å². The van der Waals surface area contributed by atoms with Gasteiger partial charge in [-0.3, -0.25) is 14.4 Å². The molecule has 0 aliphatic carbocycles. The van der Waals surface area contributed by atoms with Gasteiger partial charge in [-0.2, -0.15) is 4.79 Å². The van der Waals surface area contributed by atoms with Gasteiger partial charge in [0.25, 0.3) is 5.91 Å². The number of hydroxylamine groups is 3. The van der Waals surface area contributed by atoms with Gasteiger partial charge in [-0.05, 0) is 85.3 Å². The molecule has 5 rings (SSSR count). The van der Waals surface area contributed by atoms with E-state index in [9.17, 15) is 24.3 Å². The number of hydrogen-bond donors (Lipinski definition) is 2. The Labute approximate surface area is 295 Å². The molecule has 2 saturated heterocycles. The minimum Gasteiger partial charge on any atom is -0.468 e. The second kappa shape index (κ2) is 17.2. The number of halogens is 1. The maximum absolute atomic E-state index is 16.0. The number of rotatable bonds is 12. The van der Waals surface area contributed by atoms with Gasteiger partial charge in [0.05, 0.1) is 17.3 Å². The number of ether oxygens (including phenoxy) is 4. The molecule has 3 aromatic rings. The number of ketones is 1. The number of hydrogen-bond acceptors (Lipinski definition) is 10. The minimum absolute atomic E-state index is 0.00750. The highest BCUT2D eigenvalue weighted by Gasteiger charge is 2.46. The molecule has 2 fully saturated rings. The second-order valence-corrected chi connectivity index (χ2v) is 12.5.